The lowest BCUT2D eigenvalue weighted by Crippen LogP contribution is -2.47. The molecular formula is C23H33N3O5S. The lowest BCUT2D eigenvalue weighted by atomic mass is 9.97. The van der Waals surface area contributed by atoms with E-state index in [1.165, 1.54) is 23.2 Å². The molecule has 176 valence electrons. The van der Waals surface area contributed by atoms with Crippen molar-refractivity contribution in [3.8, 4) is 5.75 Å². The van der Waals surface area contributed by atoms with Gasteiger partial charge in [-0.15, -0.1) is 0 Å². The van der Waals surface area contributed by atoms with E-state index >= 15 is 0 Å². The number of sulfonamides is 1. The average molecular weight is 464 g/mol. The number of amides is 2. The van der Waals surface area contributed by atoms with Crippen LogP contribution in [0.3, 0.4) is 0 Å². The van der Waals surface area contributed by atoms with E-state index in [0.717, 1.165) is 25.7 Å². The van der Waals surface area contributed by atoms with E-state index in [2.05, 4.69) is 10.6 Å². The first-order chi connectivity index (χ1) is 15.3. The SMILES string of the molecule is Cc1cc2c(cc1S(=O)(=O)N1CCCC(C(=O)NC3CCCCCC3)C1)OC(C)C(=O)N2. The Morgan fingerprint density at radius 1 is 1.12 bits per heavy atom. The highest BCUT2D eigenvalue weighted by Crippen LogP contribution is 2.36. The van der Waals surface area contributed by atoms with E-state index in [-0.39, 0.29) is 35.2 Å². The predicted molar refractivity (Wildman–Crippen MR) is 121 cm³/mol. The molecule has 0 spiro atoms. The molecule has 32 heavy (non-hydrogen) atoms. The Balaban J connectivity index is 1.49. The highest BCUT2D eigenvalue weighted by atomic mass is 32.2. The van der Waals surface area contributed by atoms with Crippen LogP contribution in [-0.4, -0.2) is 49.8 Å². The normalized spacial score (nSPS) is 25.2. The molecular weight excluding hydrogens is 430 g/mol. The van der Waals surface area contributed by atoms with Crippen LogP contribution in [0.4, 0.5) is 5.69 Å². The minimum Gasteiger partial charge on any atom is -0.479 e. The Labute approximate surface area is 190 Å². The zero-order valence-electron chi connectivity index (χ0n) is 18.9. The molecule has 9 heteroatoms. The van der Waals surface area contributed by atoms with Gasteiger partial charge in [-0.25, -0.2) is 8.42 Å². The third-order valence-corrected chi connectivity index (χ3v) is 8.79. The second-order valence-electron chi connectivity index (χ2n) is 9.26. The Hall–Kier alpha value is -2.13. The first kappa shape index (κ1) is 23.0. The molecule has 4 rings (SSSR count). The van der Waals surface area contributed by atoms with Crippen molar-refractivity contribution < 1.29 is 22.7 Å². The van der Waals surface area contributed by atoms with Gasteiger partial charge in [-0.2, -0.15) is 4.31 Å². The zero-order valence-corrected chi connectivity index (χ0v) is 19.7. The van der Waals surface area contributed by atoms with Crippen LogP contribution in [0.25, 0.3) is 0 Å². The summed E-state index contributed by atoms with van der Waals surface area (Å²) < 4.78 is 34.0. The van der Waals surface area contributed by atoms with Crippen molar-refractivity contribution >= 4 is 27.5 Å². The highest BCUT2D eigenvalue weighted by molar-refractivity contribution is 7.89. The summed E-state index contributed by atoms with van der Waals surface area (Å²) in [6.07, 6.45) is 7.36. The van der Waals surface area contributed by atoms with Gasteiger partial charge in [0.2, 0.25) is 15.9 Å². The molecule has 2 amide bonds. The summed E-state index contributed by atoms with van der Waals surface area (Å²) in [6, 6.07) is 3.33. The largest absolute Gasteiger partial charge is 0.479 e. The number of anilines is 1. The van der Waals surface area contributed by atoms with Crippen LogP contribution < -0.4 is 15.4 Å². The quantitative estimate of drug-likeness (QED) is 0.668. The van der Waals surface area contributed by atoms with Crippen molar-refractivity contribution in [2.75, 3.05) is 18.4 Å². The van der Waals surface area contributed by atoms with Gasteiger partial charge in [-0.05, 0) is 51.2 Å². The topological polar surface area (TPSA) is 105 Å². The Morgan fingerprint density at radius 2 is 1.84 bits per heavy atom. The first-order valence-corrected chi connectivity index (χ1v) is 13.1. The average Bonchev–Trinajstić information content (AvgIpc) is 3.03. The molecule has 2 fully saturated rings. The fraction of sp³-hybridized carbons (Fsp3) is 0.652. The van der Waals surface area contributed by atoms with Gasteiger partial charge in [0.05, 0.1) is 16.5 Å². The summed E-state index contributed by atoms with van der Waals surface area (Å²) in [5, 5.41) is 5.93. The van der Waals surface area contributed by atoms with Crippen LogP contribution in [0.15, 0.2) is 17.0 Å². The van der Waals surface area contributed by atoms with Crippen LogP contribution in [0, 0.1) is 12.8 Å². The number of nitrogens with zero attached hydrogens (tertiary/aromatic N) is 1. The fourth-order valence-corrected chi connectivity index (χ4v) is 6.62. The molecule has 1 aromatic rings. The van der Waals surface area contributed by atoms with Crippen molar-refractivity contribution in [2.45, 2.75) is 82.3 Å². The second kappa shape index (κ2) is 9.39. The Morgan fingerprint density at radius 3 is 2.56 bits per heavy atom. The lowest BCUT2D eigenvalue weighted by molar-refractivity contribution is -0.127. The molecule has 2 unspecified atom stereocenters. The molecule has 2 aliphatic heterocycles. The van der Waals surface area contributed by atoms with Crippen LogP contribution in [0.1, 0.15) is 63.9 Å². The number of benzene rings is 1. The number of hydrogen-bond donors (Lipinski definition) is 2. The van der Waals surface area contributed by atoms with E-state index in [1.807, 2.05) is 0 Å². The minimum absolute atomic E-state index is 0.0289. The third-order valence-electron chi connectivity index (χ3n) is 6.78. The van der Waals surface area contributed by atoms with E-state index in [4.69, 9.17) is 4.74 Å². The van der Waals surface area contributed by atoms with Crippen LogP contribution >= 0.6 is 0 Å². The van der Waals surface area contributed by atoms with Crippen molar-refractivity contribution in [1.82, 2.24) is 9.62 Å². The molecule has 1 aliphatic carbocycles. The van der Waals surface area contributed by atoms with E-state index in [9.17, 15) is 18.0 Å². The van der Waals surface area contributed by atoms with Crippen LogP contribution in [-0.2, 0) is 19.6 Å². The maximum atomic E-state index is 13.5. The van der Waals surface area contributed by atoms with Crippen LogP contribution in [0.2, 0.25) is 0 Å². The van der Waals surface area contributed by atoms with Gasteiger partial charge in [0.1, 0.15) is 5.75 Å². The van der Waals surface area contributed by atoms with Crippen molar-refractivity contribution in [3.63, 3.8) is 0 Å². The Kier molecular flexibility index (Phi) is 6.76. The number of nitrogens with one attached hydrogen (secondary N) is 2. The molecule has 0 bridgehead atoms. The van der Waals surface area contributed by atoms with Gasteiger partial charge in [0.15, 0.2) is 6.10 Å². The molecule has 2 heterocycles. The van der Waals surface area contributed by atoms with Gasteiger partial charge >= 0.3 is 0 Å². The molecule has 2 N–H and O–H groups in total. The standard InChI is InChI=1S/C23H33N3O5S/c1-15-12-19-20(31-16(2)22(27)25-19)13-21(15)32(29,30)26-11-7-8-17(14-26)23(28)24-18-9-5-3-4-6-10-18/h12-13,16-18H,3-11,14H2,1-2H3,(H,24,28)(H,25,27). The number of aryl methyl sites for hydroxylation is 1. The van der Waals surface area contributed by atoms with Gasteiger partial charge in [-0.1, -0.05) is 25.7 Å². The van der Waals surface area contributed by atoms with Crippen LogP contribution in [0.5, 0.6) is 5.75 Å². The molecule has 1 aromatic carbocycles. The van der Waals surface area contributed by atoms with Crippen molar-refractivity contribution in [1.29, 1.82) is 0 Å². The molecule has 2 atom stereocenters. The summed E-state index contributed by atoms with van der Waals surface area (Å²) >= 11 is 0. The molecule has 1 saturated carbocycles. The van der Waals surface area contributed by atoms with Crippen molar-refractivity contribution in [2.24, 2.45) is 5.92 Å². The van der Waals surface area contributed by atoms with Gasteiger partial charge in [0.25, 0.3) is 5.91 Å². The summed E-state index contributed by atoms with van der Waals surface area (Å²) in [4.78, 5) is 24.9. The number of piperidine rings is 1. The monoisotopic (exact) mass is 463 g/mol. The zero-order chi connectivity index (χ0) is 22.9. The summed E-state index contributed by atoms with van der Waals surface area (Å²) in [6.45, 7) is 3.90. The second-order valence-corrected chi connectivity index (χ2v) is 11.2. The van der Waals surface area contributed by atoms with Gasteiger partial charge < -0.3 is 15.4 Å². The summed E-state index contributed by atoms with van der Waals surface area (Å²) in [5.41, 5.74) is 1.01. The van der Waals surface area contributed by atoms with E-state index in [1.54, 1.807) is 19.9 Å². The number of rotatable bonds is 4. The first-order valence-electron chi connectivity index (χ1n) is 11.7. The molecule has 3 aliphatic rings. The lowest BCUT2D eigenvalue weighted by Gasteiger charge is -2.33. The summed E-state index contributed by atoms with van der Waals surface area (Å²) in [7, 11) is -3.80. The fourth-order valence-electron chi connectivity index (χ4n) is 4.88. The van der Waals surface area contributed by atoms with E-state index in [0.29, 0.717) is 36.4 Å². The summed E-state index contributed by atoms with van der Waals surface area (Å²) in [5.74, 6) is -0.277. The van der Waals surface area contributed by atoms with E-state index < -0.39 is 16.1 Å². The number of fused-ring (bicyclic) bond motifs is 1. The maximum absolute atomic E-state index is 13.5. The number of carbonyl (C=O) groups is 2. The number of ether oxygens (including phenoxy) is 1. The smallest absolute Gasteiger partial charge is 0.265 e. The van der Waals surface area contributed by atoms with Gasteiger partial charge in [0, 0.05) is 25.2 Å². The molecule has 0 aromatic heterocycles. The Bertz CT molecular complexity index is 986. The molecule has 1 saturated heterocycles. The number of carbonyl (C=O) groups excluding carboxylic acids is 2. The maximum Gasteiger partial charge on any atom is 0.265 e. The predicted octanol–water partition coefficient (Wildman–Crippen LogP) is 2.95. The highest BCUT2D eigenvalue weighted by Gasteiger charge is 2.36. The minimum atomic E-state index is -3.80. The molecule has 8 nitrogen and oxygen atoms in total. The van der Waals surface area contributed by atoms with Gasteiger partial charge in [-0.3, -0.25) is 9.59 Å². The molecule has 0 radical (unpaired) electrons. The van der Waals surface area contributed by atoms with Crippen molar-refractivity contribution in [3.05, 3.63) is 17.7 Å². The number of hydrogen-bond acceptors (Lipinski definition) is 5. The third kappa shape index (κ3) is 4.78.